The van der Waals surface area contributed by atoms with Crippen molar-refractivity contribution in [1.82, 2.24) is 9.78 Å². The lowest BCUT2D eigenvalue weighted by atomic mass is 10.0. The summed E-state index contributed by atoms with van der Waals surface area (Å²) in [5.41, 5.74) is 1.33. The van der Waals surface area contributed by atoms with Gasteiger partial charge in [0, 0.05) is 18.3 Å². The number of alkyl halides is 3. The number of nitrogens with zero attached hydrogens (tertiary/aromatic N) is 2. The first-order valence-electron chi connectivity index (χ1n) is 5.51. The molecule has 2 rings (SSSR count). The van der Waals surface area contributed by atoms with E-state index in [0.29, 0.717) is 17.4 Å². The average molecular weight is 268 g/mol. The van der Waals surface area contributed by atoms with Crippen molar-refractivity contribution < 1.29 is 18.0 Å². The summed E-state index contributed by atoms with van der Waals surface area (Å²) in [6, 6.07) is 4.69. The molecule has 1 heterocycles. The molecule has 0 aliphatic carbocycles. The summed E-state index contributed by atoms with van der Waals surface area (Å²) in [6.07, 6.45) is -3.77. The van der Waals surface area contributed by atoms with E-state index in [-0.39, 0.29) is 5.69 Å². The van der Waals surface area contributed by atoms with Crippen molar-refractivity contribution >= 4 is 6.29 Å². The third-order valence-corrected chi connectivity index (χ3v) is 2.97. The van der Waals surface area contributed by atoms with E-state index in [1.165, 1.54) is 16.8 Å². The number of carbonyl (C=O) groups is 1. The highest BCUT2D eigenvalue weighted by atomic mass is 19.4. The summed E-state index contributed by atoms with van der Waals surface area (Å²) in [7, 11) is 1.68. The van der Waals surface area contributed by atoms with Crippen LogP contribution in [0.15, 0.2) is 24.3 Å². The number of halogens is 3. The fraction of sp³-hybridized carbons (Fsp3) is 0.231. The number of carbonyl (C=O) groups excluding carboxylic acids is 1. The van der Waals surface area contributed by atoms with Gasteiger partial charge in [0.2, 0.25) is 0 Å². The van der Waals surface area contributed by atoms with Gasteiger partial charge in [0.1, 0.15) is 5.69 Å². The Morgan fingerprint density at radius 3 is 2.26 bits per heavy atom. The SMILES string of the molecule is Cc1c(-c2ccc(C(F)(F)F)cc2)c(C=O)nn1C. The quantitative estimate of drug-likeness (QED) is 0.784. The normalized spacial score (nSPS) is 11.6. The van der Waals surface area contributed by atoms with Crippen LogP contribution in [0.4, 0.5) is 13.2 Å². The Kier molecular flexibility index (Phi) is 3.18. The molecule has 0 unspecified atom stereocenters. The third kappa shape index (κ3) is 2.38. The van der Waals surface area contributed by atoms with Gasteiger partial charge in [-0.1, -0.05) is 12.1 Å². The molecule has 1 aromatic carbocycles. The highest BCUT2D eigenvalue weighted by molar-refractivity contribution is 5.86. The van der Waals surface area contributed by atoms with Crippen LogP contribution in [0.2, 0.25) is 0 Å². The maximum absolute atomic E-state index is 12.5. The van der Waals surface area contributed by atoms with E-state index in [1.807, 2.05) is 0 Å². The monoisotopic (exact) mass is 268 g/mol. The molecular formula is C13H11F3N2O. The molecule has 2 aromatic rings. The van der Waals surface area contributed by atoms with Gasteiger partial charge in [-0.3, -0.25) is 9.48 Å². The van der Waals surface area contributed by atoms with Crippen LogP contribution < -0.4 is 0 Å². The van der Waals surface area contributed by atoms with Gasteiger partial charge in [0.05, 0.1) is 5.56 Å². The van der Waals surface area contributed by atoms with E-state index in [1.54, 1.807) is 14.0 Å². The van der Waals surface area contributed by atoms with E-state index < -0.39 is 11.7 Å². The van der Waals surface area contributed by atoms with Crippen LogP contribution in [0.1, 0.15) is 21.7 Å². The van der Waals surface area contributed by atoms with Crippen LogP contribution in [0, 0.1) is 6.92 Å². The number of aromatic nitrogens is 2. The van der Waals surface area contributed by atoms with Crippen molar-refractivity contribution in [1.29, 1.82) is 0 Å². The van der Waals surface area contributed by atoms with Gasteiger partial charge in [-0.2, -0.15) is 18.3 Å². The number of hydrogen-bond donors (Lipinski definition) is 0. The molecule has 0 aliphatic rings. The van der Waals surface area contributed by atoms with Gasteiger partial charge in [-0.05, 0) is 24.6 Å². The van der Waals surface area contributed by atoms with Crippen molar-refractivity contribution in [3.8, 4) is 11.1 Å². The predicted octanol–water partition coefficient (Wildman–Crippen LogP) is 3.23. The lowest BCUT2D eigenvalue weighted by Crippen LogP contribution is -2.04. The highest BCUT2D eigenvalue weighted by Gasteiger charge is 2.30. The van der Waals surface area contributed by atoms with Crippen LogP contribution in [-0.2, 0) is 13.2 Å². The first kappa shape index (κ1) is 13.3. The van der Waals surface area contributed by atoms with E-state index >= 15 is 0 Å². The van der Waals surface area contributed by atoms with Crippen LogP contribution in [0.3, 0.4) is 0 Å². The molecule has 0 fully saturated rings. The fourth-order valence-electron chi connectivity index (χ4n) is 1.90. The fourth-order valence-corrected chi connectivity index (χ4v) is 1.90. The minimum atomic E-state index is -4.37. The summed E-state index contributed by atoms with van der Waals surface area (Å²) in [5.74, 6) is 0. The molecule has 0 bridgehead atoms. The first-order valence-corrected chi connectivity index (χ1v) is 5.51. The molecule has 1 aromatic heterocycles. The molecule has 0 radical (unpaired) electrons. The van der Waals surface area contributed by atoms with Crippen molar-refractivity contribution in [2.24, 2.45) is 7.05 Å². The summed E-state index contributed by atoms with van der Waals surface area (Å²) in [6.45, 7) is 1.76. The van der Waals surface area contributed by atoms with Gasteiger partial charge in [0.25, 0.3) is 0 Å². The van der Waals surface area contributed by atoms with Crippen molar-refractivity contribution in [3.63, 3.8) is 0 Å². The maximum Gasteiger partial charge on any atom is 0.416 e. The van der Waals surface area contributed by atoms with Gasteiger partial charge in [-0.15, -0.1) is 0 Å². The number of aryl methyl sites for hydroxylation is 1. The zero-order chi connectivity index (χ0) is 14.2. The molecule has 0 saturated carbocycles. The molecule has 19 heavy (non-hydrogen) atoms. The Morgan fingerprint density at radius 2 is 1.79 bits per heavy atom. The summed E-state index contributed by atoms with van der Waals surface area (Å²) in [5, 5.41) is 4.00. The number of hydrogen-bond acceptors (Lipinski definition) is 2. The van der Waals surface area contributed by atoms with Crippen LogP contribution in [0.5, 0.6) is 0 Å². The van der Waals surface area contributed by atoms with Gasteiger partial charge in [0.15, 0.2) is 6.29 Å². The van der Waals surface area contributed by atoms with Gasteiger partial charge in [-0.25, -0.2) is 0 Å². The van der Waals surface area contributed by atoms with Crippen LogP contribution in [0.25, 0.3) is 11.1 Å². The second-order valence-electron chi connectivity index (χ2n) is 4.16. The highest BCUT2D eigenvalue weighted by Crippen LogP contribution is 2.32. The van der Waals surface area contributed by atoms with Crippen molar-refractivity contribution in [2.75, 3.05) is 0 Å². The van der Waals surface area contributed by atoms with Gasteiger partial charge < -0.3 is 0 Å². The minimum absolute atomic E-state index is 0.222. The predicted molar refractivity (Wildman–Crippen MR) is 63.8 cm³/mol. The Morgan fingerprint density at radius 1 is 1.21 bits per heavy atom. The molecule has 0 saturated heterocycles. The molecule has 0 atom stereocenters. The third-order valence-electron chi connectivity index (χ3n) is 2.97. The molecule has 0 N–H and O–H groups in total. The Hall–Kier alpha value is -2.11. The Bertz CT molecular complexity index is 612. The topological polar surface area (TPSA) is 34.9 Å². The molecule has 0 amide bonds. The van der Waals surface area contributed by atoms with Crippen molar-refractivity contribution in [2.45, 2.75) is 13.1 Å². The molecule has 6 heteroatoms. The zero-order valence-corrected chi connectivity index (χ0v) is 10.3. The van der Waals surface area contributed by atoms with Crippen LogP contribution in [-0.4, -0.2) is 16.1 Å². The second kappa shape index (κ2) is 4.53. The molecule has 0 aliphatic heterocycles. The molecule has 0 spiro atoms. The van der Waals surface area contributed by atoms with E-state index in [4.69, 9.17) is 0 Å². The van der Waals surface area contributed by atoms with E-state index in [9.17, 15) is 18.0 Å². The number of rotatable bonds is 2. The van der Waals surface area contributed by atoms with Crippen LogP contribution >= 0.6 is 0 Å². The first-order chi connectivity index (χ1) is 8.84. The zero-order valence-electron chi connectivity index (χ0n) is 10.3. The molecule has 100 valence electrons. The Labute approximate surface area is 107 Å². The minimum Gasteiger partial charge on any atom is -0.296 e. The molecular weight excluding hydrogens is 257 g/mol. The smallest absolute Gasteiger partial charge is 0.296 e. The summed E-state index contributed by atoms with van der Waals surface area (Å²) < 4.78 is 39.0. The summed E-state index contributed by atoms with van der Waals surface area (Å²) in [4.78, 5) is 10.9. The standard InChI is InChI=1S/C13H11F3N2O/c1-8-12(11(7-19)17-18(8)2)9-3-5-10(6-4-9)13(14,15)16/h3-7H,1-2H3. The van der Waals surface area contributed by atoms with E-state index in [0.717, 1.165) is 17.8 Å². The van der Waals surface area contributed by atoms with Crippen molar-refractivity contribution in [3.05, 3.63) is 41.2 Å². The van der Waals surface area contributed by atoms with E-state index in [2.05, 4.69) is 5.10 Å². The lowest BCUT2D eigenvalue weighted by molar-refractivity contribution is -0.137. The largest absolute Gasteiger partial charge is 0.416 e. The average Bonchev–Trinajstić information content (AvgIpc) is 2.64. The maximum atomic E-state index is 12.5. The summed E-state index contributed by atoms with van der Waals surface area (Å²) >= 11 is 0. The number of benzene rings is 1. The lowest BCUT2D eigenvalue weighted by Gasteiger charge is -2.07. The van der Waals surface area contributed by atoms with Gasteiger partial charge >= 0.3 is 6.18 Å². The molecule has 3 nitrogen and oxygen atoms in total. The number of aldehydes is 1. The second-order valence-corrected chi connectivity index (χ2v) is 4.16. The Balaban J connectivity index is 2.51.